The maximum absolute atomic E-state index is 5.63. The van der Waals surface area contributed by atoms with Gasteiger partial charge in [-0.15, -0.1) is 0 Å². The smallest absolute Gasteiger partial charge is 0.00669 e. The summed E-state index contributed by atoms with van der Waals surface area (Å²) in [6.07, 6.45) is 24.8. The van der Waals surface area contributed by atoms with E-state index in [2.05, 4.69) is 69.0 Å². The van der Waals surface area contributed by atoms with Crippen LogP contribution in [0.15, 0.2) is 0 Å². The second-order valence-corrected chi connectivity index (χ2v) is 10.4. The molecule has 0 spiro atoms. The van der Waals surface area contributed by atoms with Crippen LogP contribution < -0.4 is 33.2 Å². The summed E-state index contributed by atoms with van der Waals surface area (Å²) in [5.41, 5.74) is 14.6. The van der Waals surface area contributed by atoms with Crippen molar-refractivity contribution < 1.29 is 0 Å². The average molecular weight is 563 g/mol. The van der Waals surface area contributed by atoms with Crippen molar-refractivity contribution in [1.82, 2.24) is 16.0 Å². The zero-order chi connectivity index (χ0) is 31.0. The van der Waals surface area contributed by atoms with Crippen molar-refractivity contribution in [3.05, 3.63) is 0 Å². The minimum absolute atomic E-state index is 0.536. The molecule has 0 aromatic rings. The molecular formula is C33H82N6. The van der Waals surface area contributed by atoms with Gasteiger partial charge in [0.2, 0.25) is 0 Å². The lowest BCUT2D eigenvalue weighted by atomic mass is 9.96. The van der Waals surface area contributed by atoms with E-state index in [-0.39, 0.29) is 0 Å². The number of nitrogens with two attached hydrogens (primary N) is 3. The summed E-state index contributed by atoms with van der Waals surface area (Å²) >= 11 is 0. The largest absolute Gasteiger partial charge is 0.333 e. The molecule has 2 saturated carbocycles. The molecule has 2 aliphatic carbocycles. The Morgan fingerprint density at radius 2 is 1.00 bits per heavy atom. The fraction of sp³-hybridized carbons (Fsp3) is 1.00. The van der Waals surface area contributed by atoms with E-state index in [0.29, 0.717) is 12.1 Å². The molecule has 39 heavy (non-hydrogen) atoms. The van der Waals surface area contributed by atoms with Crippen LogP contribution in [0, 0.1) is 0 Å². The average Bonchev–Trinajstić information content (AvgIpc) is 3.00. The fourth-order valence-corrected chi connectivity index (χ4v) is 4.07. The van der Waals surface area contributed by atoms with Gasteiger partial charge in [-0.1, -0.05) is 118 Å². The van der Waals surface area contributed by atoms with Gasteiger partial charge in [0.1, 0.15) is 0 Å². The van der Waals surface area contributed by atoms with E-state index < -0.39 is 0 Å². The third kappa shape index (κ3) is 54.5. The number of hydrogen-bond acceptors (Lipinski definition) is 6. The molecule has 0 radical (unpaired) electrons. The maximum atomic E-state index is 5.63. The molecule has 0 saturated heterocycles. The Morgan fingerprint density at radius 3 is 1.28 bits per heavy atom. The van der Waals surface area contributed by atoms with Gasteiger partial charge in [0.15, 0.2) is 0 Å². The predicted octanol–water partition coefficient (Wildman–Crippen LogP) is 7.34. The van der Waals surface area contributed by atoms with Crippen LogP contribution in [0.25, 0.3) is 0 Å². The van der Waals surface area contributed by atoms with Gasteiger partial charge in [0.05, 0.1) is 0 Å². The van der Waals surface area contributed by atoms with E-state index in [4.69, 9.17) is 5.73 Å². The zero-order valence-electron chi connectivity index (χ0n) is 29.1. The molecule has 6 nitrogen and oxygen atoms in total. The fourth-order valence-electron chi connectivity index (χ4n) is 4.07. The van der Waals surface area contributed by atoms with Crippen LogP contribution in [0.1, 0.15) is 157 Å². The number of nitrogens with one attached hydrogen (secondary N) is 3. The Morgan fingerprint density at radius 1 is 0.615 bits per heavy atom. The topological polar surface area (TPSA) is 114 Å². The van der Waals surface area contributed by atoms with E-state index in [9.17, 15) is 0 Å². The van der Waals surface area contributed by atoms with Crippen LogP contribution in [-0.4, -0.2) is 59.4 Å². The first-order valence-electron chi connectivity index (χ1n) is 16.9. The highest BCUT2D eigenvalue weighted by atomic mass is 14.9. The highest BCUT2D eigenvalue weighted by molar-refractivity contribution is 4.70. The lowest BCUT2D eigenvalue weighted by Crippen LogP contribution is -2.30. The van der Waals surface area contributed by atoms with Gasteiger partial charge < -0.3 is 33.2 Å². The number of unbranched alkanes of at least 4 members (excludes halogenated alkanes) is 5. The minimum atomic E-state index is 0.536. The summed E-state index contributed by atoms with van der Waals surface area (Å²) in [6.45, 7) is 15.4. The van der Waals surface area contributed by atoms with Gasteiger partial charge in [-0.3, -0.25) is 0 Å². The van der Waals surface area contributed by atoms with Crippen LogP contribution >= 0.6 is 0 Å². The Bertz CT molecular complexity index is 323. The van der Waals surface area contributed by atoms with Gasteiger partial charge in [-0.25, -0.2) is 0 Å². The molecule has 1 atom stereocenters. The molecule has 0 aliphatic heterocycles. The van der Waals surface area contributed by atoms with E-state index in [1.165, 1.54) is 130 Å². The van der Waals surface area contributed by atoms with Gasteiger partial charge in [0, 0.05) is 18.1 Å². The summed E-state index contributed by atoms with van der Waals surface area (Å²) in [5.74, 6) is 0. The van der Waals surface area contributed by atoms with Crippen LogP contribution in [-0.2, 0) is 0 Å². The van der Waals surface area contributed by atoms with Crippen LogP contribution in [0.2, 0.25) is 0 Å². The second kappa shape index (κ2) is 50.6. The van der Waals surface area contributed by atoms with Gasteiger partial charge >= 0.3 is 0 Å². The van der Waals surface area contributed by atoms with Crippen molar-refractivity contribution >= 4 is 0 Å². The SMILES string of the molecule is CCCCCC.CCCCCC(C)NC.CCNC.CCNC1CCCCC1.CN.CN.NC1CCCCC1. The summed E-state index contributed by atoms with van der Waals surface area (Å²) in [5, 5.41) is 9.64. The second-order valence-electron chi connectivity index (χ2n) is 10.4. The first-order valence-corrected chi connectivity index (χ1v) is 16.9. The third-order valence-electron chi connectivity index (χ3n) is 6.79. The molecule has 2 rings (SSSR count). The van der Waals surface area contributed by atoms with E-state index in [1.807, 2.05) is 14.1 Å². The van der Waals surface area contributed by atoms with Crippen LogP contribution in [0.3, 0.4) is 0 Å². The molecule has 0 bridgehead atoms. The summed E-state index contributed by atoms with van der Waals surface area (Å²) < 4.78 is 0. The molecule has 0 amide bonds. The van der Waals surface area contributed by atoms with Crippen molar-refractivity contribution in [3.8, 4) is 0 Å². The Kier molecular flexibility index (Phi) is 62.9. The first kappa shape index (κ1) is 48.5. The summed E-state index contributed by atoms with van der Waals surface area (Å²) in [7, 11) is 6.95. The number of hydrogen-bond donors (Lipinski definition) is 6. The molecule has 244 valence electrons. The summed E-state index contributed by atoms with van der Waals surface area (Å²) in [6, 6.07) is 2.09. The van der Waals surface area contributed by atoms with E-state index >= 15 is 0 Å². The van der Waals surface area contributed by atoms with Crippen molar-refractivity contribution in [2.24, 2.45) is 17.2 Å². The minimum Gasteiger partial charge on any atom is -0.333 e. The van der Waals surface area contributed by atoms with Crippen molar-refractivity contribution in [3.63, 3.8) is 0 Å². The van der Waals surface area contributed by atoms with Crippen molar-refractivity contribution in [2.75, 3.05) is 41.3 Å². The standard InChI is InChI=1S/C8H17N.C8H19N.C6H13N.C6H14.C3H9N.2CH5N/c1-2-9-8-6-4-3-5-7-8;1-4-5-6-7-8(2)9-3;7-6-4-2-1-3-5-6;1-3-5-6-4-2;1-3-4-2;2*1-2/h8-9H,2-7H2,1H3;8-9H,4-7H2,1-3H3;6H,1-5,7H2;3-6H2,1-2H3;4H,3H2,1-2H3;2*2H2,1H3. The van der Waals surface area contributed by atoms with Gasteiger partial charge in [-0.2, -0.15) is 0 Å². The molecule has 0 aromatic heterocycles. The lowest BCUT2D eigenvalue weighted by Gasteiger charge is -2.21. The normalized spacial score (nSPS) is 15.3. The molecule has 6 heteroatoms. The number of rotatable bonds is 11. The van der Waals surface area contributed by atoms with Crippen LogP contribution in [0.5, 0.6) is 0 Å². The molecule has 0 heterocycles. The quantitative estimate of drug-likeness (QED) is 0.147. The third-order valence-corrected chi connectivity index (χ3v) is 6.79. The lowest BCUT2D eigenvalue weighted by molar-refractivity contribution is 0.380. The molecule has 0 aromatic carbocycles. The summed E-state index contributed by atoms with van der Waals surface area (Å²) in [4.78, 5) is 0. The molecule has 2 fully saturated rings. The Labute approximate surface area is 249 Å². The highest BCUT2D eigenvalue weighted by Crippen LogP contribution is 2.17. The maximum Gasteiger partial charge on any atom is 0.00669 e. The van der Waals surface area contributed by atoms with Crippen molar-refractivity contribution in [2.45, 2.75) is 175 Å². The Balaban J connectivity index is -0.000000122. The first-order chi connectivity index (χ1) is 19.0. The molecule has 9 N–H and O–H groups in total. The van der Waals surface area contributed by atoms with Crippen molar-refractivity contribution in [1.29, 1.82) is 0 Å². The zero-order valence-corrected chi connectivity index (χ0v) is 29.1. The molecule has 2 aliphatic rings. The molecular weight excluding hydrogens is 480 g/mol. The monoisotopic (exact) mass is 563 g/mol. The van der Waals surface area contributed by atoms with Gasteiger partial charge in [0.25, 0.3) is 0 Å². The molecule has 1 unspecified atom stereocenters. The highest BCUT2D eigenvalue weighted by Gasteiger charge is 2.10. The predicted molar refractivity (Wildman–Crippen MR) is 184 cm³/mol. The Hall–Kier alpha value is -0.240. The van der Waals surface area contributed by atoms with Gasteiger partial charge in [-0.05, 0) is 80.3 Å². The van der Waals surface area contributed by atoms with E-state index in [0.717, 1.165) is 19.1 Å². The van der Waals surface area contributed by atoms with E-state index in [1.54, 1.807) is 0 Å². The van der Waals surface area contributed by atoms with Crippen LogP contribution in [0.4, 0.5) is 0 Å².